The Kier molecular flexibility index (Phi) is 6.20. The van der Waals surface area contributed by atoms with Gasteiger partial charge in [0.15, 0.2) is 0 Å². The first-order valence-corrected chi connectivity index (χ1v) is 10.5. The van der Waals surface area contributed by atoms with Gasteiger partial charge >= 0.3 is 5.97 Å². The van der Waals surface area contributed by atoms with Crippen molar-refractivity contribution in [3.63, 3.8) is 0 Å². The maximum Gasteiger partial charge on any atom is 0.340 e. The molecule has 2 aromatic rings. The second kappa shape index (κ2) is 8.45. The van der Waals surface area contributed by atoms with E-state index in [1.807, 2.05) is 25.7 Å². The van der Waals surface area contributed by atoms with Crippen LogP contribution >= 0.6 is 11.3 Å². The number of hydrogen-bond donors (Lipinski definition) is 1. The summed E-state index contributed by atoms with van der Waals surface area (Å²) < 4.78 is 5.31. The Morgan fingerprint density at radius 2 is 1.89 bits per heavy atom. The van der Waals surface area contributed by atoms with E-state index in [1.165, 1.54) is 0 Å². The number of nitrogens with one attached hydrogen (secondary N) is 1. The van der Waals surface area contributed by atoms with Gasteiger partial charge in [-0.25, -0.2) is 9.78 Å². The molecule has 0 atom stereocenters. The van der Waals surface area contributed by atoms with Gasteiger partial charge in [-0.1, -0.05) is 0 Å². The van der Waals surface area contributed by atoms with E-state index >= 15 is 0 Å². The van der Waals surface area contributed by atoms with Crippen LogP contribution in [-0.2, 0) is 11.3 Å². The van der Waals surface area contributed by atoms with Gasteiger partial charge in [0.05, 0.1) is 22.4 Å². The van der Waals surface area contributed by atoms with Gasteiger partial charge in [0, 0.05) is 43.8 Å². The van der Waals surface area contributed by atoms with Gasteiger partial charge in [-0.05, 0) is 40.2 Å². The molecule has 1 aliphatic heterocycles. The van der Waals surface area contributed by atoms with Crippen molar-refractivity contribution >= 4 is 23.2 Å². The number of carbonyl (C=O) groups excluding carboxylic acids is 2. The Hall–Kier alpha value is -2.19. The molecule has 2 aromatic heterocycles. The van der Waals surface area contributed by atoms with E-state index in [1.54, 1.807) is 25.2 Å². The summed E-state index contributed by atoms with van der Waals surface area (Å²) in [5, 5.41) is 3.17. The summed E-state index contributed by atoms with van der Waals surface area (Å²) in [6, 6.07) is 0. The van der Waals surface area contributed by atoms with E-state index in [4.69, 9.17) is 4.74 Å². The molecular formula is C20H28N4O3S. The fourth-order valence-corrected chi connectivity index (χ4v) is 4.12. The molecule has 0 bridgehead atoms. The lowest BCUT2D eigenvalue weighted by Gasteiger charge is -2.34. The highest BCUT2D eigenvalue weighted by Crippen LogP contribution is 2.22. The maximum atomic E-state index is 13.0. The predicted octanol–water partition coefficient (Wildman–Crippen LogP) is 2.92. The van der Waals surface area contributed by atoms with Gasteiger partial charge < -0.3 is 14.6 Å². The van der Waals surface area contributed by atoms with Crippen molar-refractivity contribution in [1.29, 1.82) is 0 Å². The fourth-order valence-electron chi connectivity index (χ4n) is 3.52. The van der Waals surface area contributed by atoms with E-state index in [2.05, 4.69) is 20.2 Å². The molecule has 1 saturated heterocycles. The molecule has 0 radical (unpaired) electrons. The molecule has 152 valence electrons. The van der Waals surface area contributed by atoms with Crippen LogP contribution < -0.4 is 0 Å². The summed E-state index contributed by atoms with van der Waals surface area (Å²) in [5.41, 5.74) is 3.37. The number of ether oxygens (including phenoxy) is 1. The quantitative estimate of drug-likeness (QED) is 0.775. The highest BCUT2D eigenvalue weighted by Gasteiger charge is 2.28. The molecule has 1 N–H and O–H groups in total. The van der Waals surface area contributed by atoms with E-state index in [0.717, 1.165) is 30.3 Å². The van der Waals surface area contributed by atoms with E-state index in [-0.39, 0.29) is 18.0 Å². The zero-order valence-corrected chi connectivity index (χ0v) is 18.0. The molecule has 3 rings (SSSR count). The van der Waals surface area contributed by atoms with Crippen molar-refractivity contribution < 1.29 is 14.3 Å². The van der Waals surface area contributed by atoms with Crippen LogP contribution in [0.1, 0.15) is 56.7 Å². The smallest absolute Gasteiger partial charge is 0.340 e. The van der Waals surface area contributed by atoms with Crippen LogP contribution in [0.25, 0.3) is 0 Å². The largest absolute Gasteiger partial charge is 0.459 e. The van der Waals surface area contributed by atoms with Gasteiger partial charge in [-0.2, -0.15) is 0 Å². The average Bonchev–Trinajstić information content (AvgIpc) is 3.16. The molecule has 3 heterocycles. The second-order valence-electron chi connectivity index (χ2n) is 7.51. The Morgan fingerprint density at radius 1 is 1.21 bits per heavy atom. The number of thiazole rings is 1. The van der Waals surface area contributed by atoms with Crippen LogP contribution in [0.2, 0.25) is 0 Å². The van der Waals surface area contributed by atoms with Crippen molar-refractivity contribution in [3.05, 3.63) is 38.6 Å². The third kappa shape index (κ3) is 4.44. The number of aromatic amines is 1. The molecule has 0 spiro atoms. The van der Waals surface area contributed by atoms with Crippen LogP contribution in [0.4, 0.5) is 0 Å². The first kappa shape index (κ1) is 20.5. The lowest BCUT2D eigenvalue weighted by molar-refractivity contribution is 0.0376. The Labute approximate surface area is 169 Å². The highest BCUT2D eigenvalue weighted by molar-refractivity contribution is 7.09. The third-order valence-corrected chi connectivity index (χ3v) is 5.73. The van der Waals surface area contributed by atoms with Crippen molar-refractivity contribution in [2.75, 3.05) is 26.2 Å². The van der Waals surface area contributed by atoms with Crippen molar-refractivity contribution in [1.82, 2.24) is 19.8 Å². The van der Waals surface area contributed by atoms with Crippen molar-refractivity contribution in [3.8, 4) is 0 Å². The summed E-state index contributed by atoms with van der Waals surface area (Å²) in [5.74, 6) is -0.447. The number of piperazine rings is 1. The average molecular weight is 405 g/mol. The monoisotopic (exact) mass is 404 g/mol. The number of aryl methyl sites for hydroxylation is 2. The molecule has 0 aliphatic carbocycles. The van der Waals surface area contributed by atoms with Crippen LogP contribution in [-0.4, -0.2) is 63.9 Å². The van der Waals surface area contributed by atoms with Gasteiger partial charge in [-0.3, -0.25) is 9.69 Å². The molecule has 7 nitrogen and oxygen atoms in total. The number of amides is 1. The number of H-pyrrole nitrogens is 1. The zero-order valence-electron chi connectivity index (χ0n) is 17.2. The molecular weight excluding hydrogens is 376 g/mol. The van der Waals surface area contributed by atoms with Crippen molar-refractivity contribution in [2.45, 2.75) is 47.3 Å². The predicted molar refractivity (Wildman–Crippen MR) is 109 cm³/mol. The van der Waals surface area contributed by atoms with Gasteiger partial charge in [0.1, 0.15) is 5.69 Å². The van der Waals surface area contributed by atoms with E-state index < -0.39 is 0 Å². The van der Waals surface area contributed by atoms with Crippen LogP contribution in [0, 0.1) is 20.8 Å². The molecule has 1 aliphatic rings. The van der Waals surface area contributed by atoms with Gasteiger partial charge in [-0.15, -0.1) is 11.3 Å². The van der Waals surface area contributed by atoms with Gasteiger partial charge in [0.25, 0.3) is 5.91 Å². The number of aromatic nitrogens is 2. The highest BCUT2D eigenvalue weighted by atomic mass is 32.1. The molecule has 0 unspecified atom stereocenters. The SMILES string of the molecule is Cc1nc(CN2CCN(C(=O)c3[nH]c(C)c(C(=O)OC(C)C)c3C)CC2)cs1. The van der Waals surface area contributed by atoms with Gasteiger partial charge in [0.2, 0.25) is 0 Å². The first-order chi connectivity index (χ1) is 13.3. The minimum atomic E-state index is -0.385. The molecule has 28 heavy (non-hydrogen) atoms. The van der Waals surface area contributed by atoms with Crippen LogP contribution in [0.15, 0.2) is 5.38 Å². The molecule has 0 aromatic carbocycles. The first-order valence-electron chi connectivity index (χ1n) is 9.59. The number of nitrogens with zero attached hydrogens (tertiary/aromatic N) is 3. The normalized spacial score (nSPS) is 15.3. The van der Waals surface area contributed by atoms with Crippen molar-refractivity contribution in [2.24, 2.45) is 0 Å². The summed E-state index contributed by atoms with van der Waals surface area (Å²) in [6.45, 7) is 13.0. The Morgan fingerprint density at radius 3 is 2.46 bits per heavy atom. The third-order valence-electron chi connectivity index (χ3n) is 4.91. The number of esters is 1. The minimum absolute atomic E-state index is 0.0617. The molecule has 1 amide bonds. The molecule has 0 saturated carbocycles. The lowest BCUT2D eigenvalue weighted by atomic mass is 10.1. The lowest BCUT2D eigenvalue weighted by Crippen LogP contribution is -2.48. The summed E-state index contributed by atoms with van der Waals surface area (Å²) in [4.78, 5) is 37.1. The number of rotatable bonds is 5. The Bertz CT molecular complexity index is 863. The van der Waals surface area contributed by atoms with Crippen LogP contribution in [0.5, 0.6) is 0 Å². The topological polar surface area (TPSA) is 78.5 Å². The number of hydrogen-bond acceptors (Lipinski definition) is 6. The maximum absolute atomic E-state index is 13.0. The molecule has 1 fully saturated rings. The summed E-state index contributed by atoms with van der Waals surface area (Å²) in [6.07, 6.45) is -0.199. The summed E-state index contributed by atoms with van der Waals surface area (Å²) in [7, 11) is 0. The Balaban J connectivity index is 1.64. The molecule has 8 heteroatoms. The van der Waals surface area contributed by atoms with Crippen LogP contribution in [0.3, 0.4) is 0 Å². The second-order valence-corrected chi connectivity index (χ2v) is 8.57. The number of carbonyl (C=O) groups is 2. The fraction of sp³-hybridized carbons (Fsp3) is 0.550. The van der Waals surface area contributed by atoms with E-state index in [0.29, 0.717) is 35.6 Å². The summed E-state index contributed by atoms with van der Waals surface area (Å²) >= 11 is 1.66. The van der Waals surface area contributed by atoms with E-state index in [9.17, 15) is 9.59 Å². The minimum Gasteiger partial charge on any atom is -0.459 e. The standard InChI is InChI=1S/C20H28N4O3S/c1-12(2)27-20(26)17-13(3)18(21-14(17)4)19(25)24-8-6-23(7-9-24)10-16-11-28-15(5)22-16/h11-12,21H,6-10H2,1-5H3. The zero-order chi connectivity index (χ0) is 20.4.